The number of carbonyl (C=O) groups is 1. The molecular formula is C11H18N4O3S. The Labute approximate surface area is 115 Å². The number of hydrogen-bond donors (Lipinski definition) is 1. The molecule has 0 aliphatic heterocycles. The molecule has 7 nitrogen and oxygen atoms in total. The van der Waals surface area contributed by atoms with Crippen molar-refractivity contribution >= 4 is 17.7 Å². The van der Waals surface area contributed by atoms with Crippen LogP contribution in [-0.2, 0) is 16.1 Å². The van der Waals surface area contributed by atoms with Gasteiger partial charge in [0, 0.05) is 5.75 Å². The number of tetrazole rings is 1. The van der Waals surface area contributed by atoms with Crippen LogP contribution in [0.25, 0.3) is 0 Å². The van der Waals surface area contributed by atoms with Crippen LogP contribution in [0.1, 0.15) is 32.1 Å². The van der Waals surface area contributed by atoms with Crippen molar-refractivity contribution in [1.29, 1.82) is 0 Å². The minimum absolute atomic E-state index is 0.00966. The first kappa shape index (κ1) is 14.3. The van der Waals surface area contributed by atoms with Gasteiger partial charge in [0.15, 0.2) is 0 Å². The quantitative estimate of drug-likeness (QED) is 0.627. The van der Waals surface area contributed by atoms with Crippen molar-refractivity contribution in [2.45, 2.75) is 49.4 Å². The Morgan fingerprint density at radius 1 is 1.47 bits per heavy atom. The first-order valence-corrected chi connectivity index (χ1v) is 7.30. The second-order valence-corrected chi connectivity index (χ2v) is 5.71. The third-order valence-corrected chi connectivity index (χ3v) is 4.49. The fourth-order valence-corrected chi connectivity index (χ4v) is 3.17. The minimum Gasteiger partial charge on any atom is -0.468 e. The number of aliphatic hydroxyl groups is 1. The standard InChI is InChI=1S/C11H18N4O3S/c1-18-9(16)7-15-10(12-13-14-15)19-8-11(17)5-3-2-4-6-11/h17H,2-8H2,1H3. The molecule has 1 aromatic rings. The Morgan fingerprint density at radius 2 is 2.21 bits per heavy atom. The Balaban J connectivity index is 1.92. The number of aromatic nitrogens is 4. The first-order chi connectivity index (χ1) is 9.13. The highest BCUT2D eigenvalue weighted by molar-refractivity contribution is 7.99. The summed E-state index contributed by atoms with van der Waals surface area (Å²) < 4.78 is 5.97. The van der Waals surface area contributed by atoms with Gasteiger partial charge in [-0.05, 0) is 23.3 Å². The van der Waals surface area contributed by atoms with Crippen LogP contribution in [0.15, 0.2) is 5.16 Å². The second-order valence-electron chi connectivity index (χ2n) is 4.77. The number of methoxy groups -OCH3 is 1. The summed E-state index contributed by atoms with van der Waals surface area (Å²) in [5.74, 6) is 0.152. The van der Waals surface area contributed by atoms with Crippen LogP contribution in [0.4, 0.5) is 0 Å². The van der Waals surface area contributed by atoms with Crippen molar-refractivity contribution in [2.75, 3.05) is 12.9 Å². The lowest BCUT2D eigenvalue weighted by molar-refractivity contribution is -0.141. The van der Waals surface area contributed by atoms with E-state index in [1.807, 2.05) is 0 Å². The number of esters is 1. The Morgan fingerprint density at radius 3 is 2.89 bits per heavy atom. The van der Waals surface area contributed by atoms with E-state index >= 15 is 0 Å². The minimum atomic E-state index is -0.634. The molecule has 8 heteroatoms. The highest BCUT2D eigenvalue weighted by atomic mass is 32.2. The fraction of sp³-hybridized carbons (Fsp3) is 0.818. The molecule has 1 aliphatic carbocycles. The van der Waals surface area contributed by atoms with Gasteiger partial charge in [-0.2, -0.15) is 0 Å². The summed E-state index contributed by atoms with van der Waals surface area (Å²) >= 11 is 1.38. The molecule has 0 aromatic carbocycles. The van der Waals surface area contributed by atoms with E-state index in [1.165, 1.54) is 30.0 Å². The third-order valence-electron chi connectivity index (χ3n) is 3.26. The molecule has 2 rings (SSSR count). The number of rotatable bonds is 5. The van der Waals surface area contributed by atoms with Gasteiger partial charge in [0.25, 0.3) is 0 Å². The molecule has 1 heterocycles. The molecule has 0 amide bonds. The maximum Gasteiger partial charge on any atom is 0.327 e. The lowest BCUT2D eigenvalue weighted by atomic mass is 9.86. The molecule has 106 valence electrons. The number of nitrogens with zero attached hydrogens (tertiary/aromatic N) is 4. The van der Waals surface area contributed by atoms with Gasteiger partial charge in [0.1, 0.15) is 6.54 Å². The molecule has 1 aliphatic rings. The average Bonchev–Trinajstić information content (AvgIpc) is 2.84. The van der Waals surface area contributed by atoms with Crippen LogP contribution in [0.3, 0.4) is 0 Å². The molecule has 0 atom stereocenters. The maximum atomic E-state index is 11.2. The van der Waals surface area contributed by atoms with Crippen molar-refractivity contribution in [3.63, 3.8) is 0 Å². The van der Waals surface area contributed by atoms with Crippen LogP contribution in [0.2, 0.25) is 0 Å². The van der Waals surface area contributed by atoms with E-state index in [-0.39, 0.29) is 6.54 Å². The van der Waals surface area contributed by atoms with Gasteiger partial charge < -0.3 is 9.84 Å². The molecular weight excluding hydrogens is 268 g/mol. The van der Waals surface area contributed by atoms with Gasteiger partial charge in [0.2, 0.25) is 5.16 Å². The SMILES string of the molecule is COC(=O)Cn1nnnc1SCC1(O)CCCCC1. The zero-order chi connectivity index (χ0) is 13.7. The zero-order valence-electron chi connectivity index (χ0n) is 10.9. The van der Waals surface area contributed by atoms with Crippen molar-refractivity contribution in [3.05, 3.63) is 0 Å². The van der Waals surface area contributed by atoms with E-state index in [0.717, 1.165) is 25.7 Å². The molecule has 0 radical (unpaired) electrons. The van der Waals surface area contributed by atoms with E-state index in [2.05, 4.69) is 20.3 Å². The molecule has 0 bridgehead atoms. The molecule has 19 heavy (non-hydrogen) atoms. The van der Waals surface area contributed by atoms with Gasteiger partial charge in [-0.15, -0.1) is 5.10 Å². The Hall–Kier alpha value is -1.15. The molecule has 1 N–H and O–H groups in total. The van der Waals surface area contributed by atoms with Crippen LogP contribution in [-0.4, -0.2) is 49.7 Å². The summed E-state index contributed by atoms with van der Waals surface area (Å²) in [6, 6.07) is 0. The van der Waals surface area contributed by atoms with E-state index in [0.29, 0.717) is 10.9 Å². The van der Waals surface area contributed by atoms with E-state index in [1.54, 1.807) is 0 Å². The first-order valence-electron chi connectivity index (χ1n) is 6.31. The summed E-state index contributed by atoms with van der Waals surface area (Å²) in [4.78, 5) is 11.2. The second kappa shape index (κ2) is 6.33. The summed E-state index contributed by atoms with van der Waals surface area (Å²) in [7, 11) is 1.32. The zero-order valence-corrected chi connectivity index (χ0v) is 11.7. The lowest BCUT2D eigenvalue weighted by Gasteiger charge is -2.31. The molecule has 1 fully saturated rings. The average molecular weight is 286 g/mol. The summed E-state index contributed by atoms with van der Waals surface area (Å²) in [5, 5.41) is 22.1. The van der Waals surface area contributed by atoms with Crippen LogP contribution in [0, 0.1) is 0 Å². The topological polar surface area (TPSA) is 90.1 Å². The third kappa shape index (κ3) is 3.90. The van der Waals surface area contributed by atoms with Gasteiger partial charge in [-0.25, -0.2) is 4.68 Å². The number of ether oxygens (including phenoxy) is 1. The largest absolute Gasteiger partial charge is 0.468 e. The van der Waals surface area contributed by atoms with Crippen LogP contribution < -0.4 is 0 Å². The fourth-order valence-electron chi connectivity index (χ4n) is 2.14. The van der Waals surface area contributed by atoms with Gasteiger partial charge in [-0.1, -0.05) is 31.0 Å². The van der Waals surface area contributed by atoms with Crippen molar-refractivity contribution < 1.29 is 14.6 Å². The molecule has 0 saturated heterocycles. The monoisotopic (exact) mass is 286 g/mol. The number of hydrogen-bond acceptors (Lipinski definition) is 7. The van der Waals surface area contributed by atoms with Gasteiger partial charge >= 0.3 is 5.97 Å². The van der Waals surface area contributed by atoms with E-state index in [4.69, 9.17) is 0 Å². The molecule has 0 unspecified atom stereocenters. The highest BCUT2D eigenvalue weighted by Gasteiger charge is 2.30. The predicted molar refractivity (Wildman–Crippen MR) is 68.6 cm³/mol. The molecule has 1 aromatic heterocycles. The van der Waals surface area contributed by atoms with Gasteiger partial charge in [-0.3, -0.25) is 4.79 Å². The summed E-state index contributed by atoms with van der Waals surface area (Å²) in [5.41, 5.74) is -0.634. The van der Waals surface area contributed by atoms with Crippen molar-refractivity contribution in [3.8, 4) is 0 Å². The van der Waals surface area contributed by atoms with Gasteiger partial charge in [0.05, 0.1) is 12.7 Å². The Bertz CT molecular complexity index is 431. The smallest absolute Gasteiger partial charge is 0.327 e. The van der Waals surface area contributed by atoms with Crippen LogP contribution >= 0.6 is 11.8 Å². The lowest BCUT2D eigenvalue weighted by Crippen LogP contribution is -2.34. The number of thioether (sulfide) groups is 1. The Kier molecular flexibility index (Phi) is 4.76. The highest BCUT2D eigenvalue weighted by Crippen LogP contribution is 2.32. The van der Waals surface area contributed by atoms with Crippen LogP contribution in [0.5, 0.6) is 0 Å². The maximum absolute atomic E-state index is 11.2. The van der Waals surface area contributed by atoms with Crippen molar-refractivity contribution in [1.82, 2.24) is 20.2 Å². The van der Waals surface area contributed by atoms with E-state index < -0.39 is 11.6 Å². The van der Waals surface area contributed by atoms with E-state index in [9.17, 15) is 9.90 Å². The molecule has 1 saturated carbocycles. The summed E-state index contributed by atoms with van der Waals surface area (Å²) in [6.45, 7) is -0.00966. The number of carbonyl (C=O) groups excluding carboxylic acids is 1. The molecule has 0 spiro atoms. The predicted octanol–water partition coefficient (Wildman–Crippen LogP) is 0.633. The van der Waals surface area contributed by atoms with Crippen molar-refractivity contribution in [2.24, 2.45) is 0 Å². The normalized spacial score (nSPS) is 18.2. The summed E-state index contributed by atoms with van der Waals surface area (Å²) in [6.07, 6.45) is 4.94.